The van der Waals surface area contributed by atoms with E-state index in [1.54, 1.807) is 44.2 Å². The Morgan fingerprint density at radius 3 is 2.51 bits per heavy atom. The van der Waals surface area contributed by atoms with Gasteiger partial charge in [0.05, 0.1) is 18.2 Å². The molecule has 0 spiro atoms. The summed E-state index contributed by atoms with van der Waals surface area (Å²) < 4.78 is 52.4. The van der Waals surface area contributed by atoms with E-state index < -0.39 is 66.9 Å². The number of aliphatic hydroxyl groups excluding tert-OH is 1. The molecule has 6 atom stereocenters. The first-order valence-corrected chi connectivity index (χ1v) is 14.4. The Hall–Kier alpha value is -2.50. The van der Waals surface area contributed by atoms with Crippen molar-refractivity contribution in [1.29, 1.82) is 0 Å². The molecule has 1 unspecified atom stereocenters. The molecule has 0 radical (unpaired) electrons. The summed E-state index contributed by atoms with van der Waals surface area (Å²) in [6, 6.07) is 9.48. The number of carbonyl (C=O) groups excluding carboxylic acids is 1. The number of aliphatic hydroxyl groups is 1. The fourth-order valence-corrected chi connectivity index (χ4v) is 6.76. The normalized spacial score (nSPS) is 25.7. The molecule has 3 rings (SSSR count). The highest BCUT2D eigenvalue weighted by Gasteiger charge is 2.62. The summed E-state index contributed by atoms with van der Waals surface area (Å²) >= 11 is 6.51. The number of halogens is 2. The summed E-state index contributed by atoms with van der Waals surface area (Å²) in [6.07, 6.45) is -4.19. The Bertz CT molecular complexity index is 1260. The highest BCUT2D eigenvalue weighted by Crippen LogP contribution is 2.56. The third-order valence-electron chi connectivity index (χ3n) is 6.07. The molecule has 1 saturated heterocycles. The largest absolute Gasteiger partial charge is 0.463 e. The quantitative estimate of drug-likeness (QED) is 0.225. The summed E-state index contributed by atoms with van der Waals surface area (Å²) in [5, 5.41) is 11.1. The van der Waals surface area contributed by atoms with Crippen molar-refractivity contribution in [3.05, 3.63) is 53.1 Å². The smallest absolute Gasteiger partial charge is 0.380 e. The van der Waals surface area contributed by atoms with Gasteiger partial charge in [-0.15, -0.1) is 11.6 Å². The van der Waals surface area contributed by atoms with Gasteiger partial charge in [0, 0.05) is 6.20 Å². The molecule has 1 aliphatic heterocycles. The Labute approximate surface area is 230 Å². The van der Waals surface area contributed by atoms with Crippen molar-refractivity contribution < 1.29 is 37.4 Å². The molecule has 2 heterocycles. The van der Waals surface area contributed by atoms with Gasteiger partial charge < -0.3 is 24.8 Å². The average Bonchev–Trinajstić information content (AvgIpc) is 3.10. The highest BCUT2D eigenvalue weighted by molar-refractivity contribution is 7.54. The second-order valence-corrected chi connectivity index (χ2v) is 12.9. The van der Waals surface area contributed by atoms with Gasteiger partial charge in [-0.25, -0.2) is 13.8 Å². The van der Waals surface area contributed by atoms with E-state index in [4.69, 9.17) is 35.9 Å². The minimum atomic E-state index is -4.18. The standard InChI is InChI=1S/C25H34ClFN3O8P/c1-15(2)35-21(32)16(3)13-39(34,37-17-9-7-6-8-10-17)38-24(4,5)20-19(31)25(26,14-27)22(36-20)30-12-11-18(28)29-23(30)33/h6-12,15-16,19-20,22,31H,13-14H2,1-5H3,(H2,28,29,33)/t16-,19+,20+,22-,25?,39+/m1/s1. The number of hydrogen-bond donors (Lipinski definition) is 2. The van der Waals surface area contributed by atoms with Crippen LogP contribution in [0.25, 0.3) is 0 Å². The predicted octanol–water partition coefficient (Wildman–Crippen LogP) is 3.69. The van der Waals surface area contributed by atoms with E-state index >= 15 is 0 Å². The number of para-hydroxylation sites is 1. The second kappa shape index (κ2) is 11.9. The number of alkyl halides is 2. The topological polar surface area (TPSA) is 152 Å². The molecular formula is C25H34ClFN3O8P. The molecule has 3 N–H and O–H groups in total. The molecule has 216 valence electrons. The van der Waals surface area contributed by atoms with Crippen LogP contribution in [0.2, 0.25) is 0 Å². The lowest BCUT2D eigenvalue weighted by Gasteiger charge is -2.36. The van der Waals surface area contributed by atoms with Gasteiger partial charge in [0.15, 0.2) is 6.23 Å². The van der Waals surface area contributed by atoms with Crippen LogP contribution in [0.4, 0.5) is 10.2 Å². The molecule has 2 aromatic rings. The van der Waals surface area contributed by atoms with Crippen molar-refractivity contribution in [1.82, 2.24) is 9.55 Å². The van der Waals surface area contributed by atoms with Crippen LogP contribution >= 0.6 is 19.2 Å². The molecule has 39 heavy (non-hydrogen) atoms. The summed E-state index contributed by atoms with van der Waals surface area (Å²) in [5.41, 5.74) is 3.04. The molecular weight excluding hydrogens is 556 g/mol. The summed E-state index contributed by atoms with van der Waals surface area (Å²) in [5.74, 6) is -1.36. The van der Waals surface area contributed by atoms with Crippen LogP contribution < -0.4 is 15.9 Å². The SMILES string of the molecule is CC(C)OC(=O)[C@H](C)C[P@](=O)(Oc1ccccc1)OC(C)(C)[C@H]1O[C@@H](n2ccc(N)nc2=O)C(Cl)(CF)[C@H]1O. The maximum Gasteiger partial charge on any atom is 0.380 e. The van der Waals surface area contributed by atoms with Crippen LogP contribution in [0, 0.1) is 5.92 Å². The van der Waals surface area contributed by atoms with Crippen LogP contribution in [-0.4, -0.2) is 62.3 Å². The van der Waals surface area contributed by atoms with Gasteiger partial charge in [0.1, 0.15) is 40.9 Å². The highest BCUT2D eigenvalue weighted by atomic mass is 35.5. The number of esters is 1. The van der Waals surface area contributed by atoms with Gasteiger partial charge in [-0.1, -0.05) is 25.1 Å². The van der Waals surface area contributed by atoms with Gasteiger partial charge in [0.2, 0.25) is 0 Å². The molecule has 1 aromatic heterocycles. The maximum atomic E-state index is 14.3. The average molecular weight is 590 g/mol. The minimum Gasteiger partial charge on any atom is -0.463 e. The first-order chi connectivity index (χ1) is 18.1. The third-order valence-corrected chi connectivity index (χ3v) is 8.82. The van der Waals surface area contributed by atoms with E-state index in [0.29, 0.717) is 0 Å². The number of nitrogen functional groups attached to an aromatic ring is 1. The van der Waals surface area contributed by atoms with Gasteiger partial charge >= 0.3 is 19.3 Å². The fourth-order valence-electron chi connectivity index (χ4n) is 4.22. The third kappa shape index (κ3) is 6.99. The molecule has 1 fully saturated rings. The van der Waals surface area contributed by atoms with E-state index in [1.807, 2.05) is 0 Å². The van der Waals surface area contributed by atoms with Gasteiger partial charge in [-0.2, -0.15) is 4.98 Å². The molecule has 0 aliphatic carbocycles. The van der Waals surface area contributed by atoms with Crippen molar-refractivity contribution in [2.75, 3.05) is 18.6 Å². The minimum absolute atomic E-state index is 0.0699. The van der Waals surface area contributed by atoms with Crippen molar-refractivity contribution in [3.63, 3.8) is 0 Å². The molecule has 1 aliphatic rings. The maximum absolute atomic E-state index is 14.3. The fraction of sp³-hybridized carbons (Fsp3) is 0.560. The summed E-state index contributed by atoms with van der Waals surface area (Å²) in [7, 11) is -4.18. The molecule has 1 aromatic carbocycles. The number of nitrogens with zero attached hydrogens (tertiary/aromatic N) is 2. The molecule has 0 amide bonds. The lowest BCUT2D eigenvalue weighted by molar-refractivity contribution is -0.151. The van der Waals surface area contributed by atoms with E-state index in [2.05, 4.69) is 4.98 Å². The van der Waals surface area contributed by atoms with Crippen LogP contribution in [0.5, 0.6) is 5.75 Å². The zero-order chi connectivity index (χ0) is 29.2. The Morgan fingerprint density at radius 1 is 1.31 bits per heavy atom. The van der Waals surface area contributed by atoms with E-state index in [-0.39, 0.29) is 17.7 Å². The van der Waals surface area contributed by atoms with Crippen LogP contribution in [0.15, 0.2) is 47.4 Å². The van der Waals surface area contributed by atoms with Crippen molar-refractivity contribution in [3.8, 4) is 5.75 Å². The number of rotatable bonds is 11. The Balaban J connectivity index is 1.95. The summed E-state index contributed by atoms with van der Waals surface area (Å²) in [6.45, 7) is 6.49. The molecule has 0 bridgehead atoms. The molecule has 14 heteroatoms. The molecule has 0 saturated carbocycles. The first-order valence-electron chi connectivity index (χ1n) is 12.3. The van der Waals surface area contributed by atoms with Crippen LogP contribution in [0.1, 0.15) is 40.8 Å². The molecule has 11 nitrogen and oxygen atoms in total. The van der Waals surface area contributed by atoms with Crippen LogP contribution in [0.3, 0.4) is 0 Å². The number of benzene rings is 1. The van der Waals surface area contributed by atoms with Crippen molar-refractivity contribution in [2.45, 2.75) is 69.6 Å². The number of ether oxygens (including phenoxy) is 2. The lowest BCUT2D eigenvalue weighted by Crippen LogP contribution is -2.51. The lowest BCUT2D eigenvalue weighted by atomic mass is 9.91. The first kappa shape index (κ1) is 31.0. The van der Waals surface area contributed by atoms with Gasteiger partial charge in [-0.3, -0.25) is 13.9 Å². The van der Waals surface area contributed by atoms with Gasteiger partial charge in [-0.05, 0) is 45.9 Å². The van der Waals surface area contributed by atoms with Crippen molar-refractivity contribution >= 4 is 31.0 Å². The van der Waals surface area contributed by atoms with E-state index in [1.165, 1.54) is 33.0 Å². The Morgan fingerprint density at radius 2 is 1.95 bits per heavy atom. The van der Waals surface area contributed by atoms with Crippen molar-refractivity contribution in [2.24, 2.45) is 5.92 Å². The predicted molar refractivity (Wildman–Crippen MR) is 142 cm³/mol. The monoisotopic (exact) mass is 589 g/mol. The zero-order valence-corrected chi connectivity index (χ0v) is 24.0. The number of hydrogen-bond acceptors (Lipinski definition) is 10. The number of aromatic nitrogens is 2. The van der Waals surface area contributed by atoms with E-state index in [9.17, 15) is 23.7 Å². The number of anilines is 1. The van der Waals surface area contributed by atoms with E-state index in [0.717, 1.165) is 4.57 Å². The zero-order valence-electron chi connectivity index (χ0n) is 22.3. The van der Waals surface area contributed by atoms with Crippen LogP contribution in [-0.2, 0) is 23.4 Å². The number of carbonyl (C=O) groups is 1. The number of nitrogens with two attached hydrogens (primary N) is 1. The second-order valence-electron chi connectivity index (χ2n) is 10.2. The summed E-state index contributed by atoms with van der Waals surface area (Å²) in [4.78, 5) is 26.5. The Kier molecular flexibility index (Phi) is 9.50. The van der Waals surface area contributed by atoms with Gasteiger partial charge in [0.25, 0.3) is 0 Å².